The predicted octanol–water partition coefficient (Wildman–Crippen LogP) is 2.04. The summed E-state index contributed by atoms with van der Waals surface area (Å²) in [6.45, 7) is 6.07. The van der Waals surface area contributed by atoms with Crippen LogP contribution in [0.4, 0.5) is 0 Å². The first-order chi connectivity index (χ1) is 9.92. The molecule has 5 nitrogen and oxygen atoms in total. The summed E-state index contributed by atoms with van der Waals surface area (Å²) in [4.78, 5) is 25.2. The summed E-state index contributed by atoms with van der Waals surface area (Å²) in [5.41, 5.74) is 0. The van der Waals surface area contributed by atoms with Crippen LogP contribution >= 0.6 is 22.6 Å². The summed E-state index contributed by atoms with van der Waals surface area (Å²) in [6, 6.07) is 7.52. The van der Waals surface area contributed by atoms with E-state index in [1.807, 2.05) is 45.0 Å². The van der Waals surface area contributed by atoms with Gasteiger partial charge in [0.1, 0.15) is 5.75 Å². The molecule has 6 heteroatoms. The second-order valence-corrected chi connectivity index (χ2v) is 6.12. The van der Waals surface area contributed by atoms with Gasteiger partial charge in [-0.2, -0.15) is 0 Å². The summed E-state index contributed by atoms with van der Waals surface area (Å²) < 4.78 is 6.55. The number of amides is 2. The van der Waals surface area contributed by atoms with Crippen LogP contribution in [0, 0.1) is 3.57 Å². The molecule has 0 aliphatic carbocycles. The van der Waals surface area contributed by atoms with Gasteiger partial charge in [0, 0.05) is 16.2 Å². The molecule has 1 N–H and O–H groups in total. The lowest BCUT2D eigenvalue weighted by Crippen LogP contribution is -2.44. The van der Waals surface area contributed by atoms with Crippen molar-refractivity contribution in [2.75, 3.05) is 19.7 Å². The van der Waals surface area contributed by atoms with Crippen molar-refractivity contribution in [2.45, 2.75) is 26.8 Å². The number of halogens is 1. The lowest BCUT2D eigenvalue weighted by molar-refractivity contribution is -0.137. The van der Waals surface area contributed by atoms with Crippen molar-refractivity contribution in [2.24, 2.45) is 0 Å². The zero-order valence-electron chi connectivity index (χ0n) is 12.6. The van der Waals surface area contributed by atoms with Gasteiger partial charge in [-0.05, 0) is 67.6 Å². The van der Waals surface area contributed by atoms with E-state index in [4.69, 9.17) is 4.74 Å². The van der Waals surface area contributed by atoms with Crippen molar-refractivity contribution in [1.82, 2.24) is 10.2 Å². The van der Waals surface area contributed by atoms with Crippen LogP contribution < -0.4 is 10.1 Å². The smallest absolute Gasteiger partial charge is 0.260 e. The lowest BCUT2D eigenvalue weighted by atomic mass is 10.3. The number of carbonyl (C=O) groups is 2. The van der Waals surface area contributed by atoms with Gasteiger partial charge in [0.05, 0.1) is 6.54 Å². The molecule has 0 radical (unpaired) electrons. The fraction of sp³-hybridized carbons (Fsp3) is 0.467. The van der Waals surface area contributed by atoms with Gasteiger partial charge < -0.3 is 15.0 Å². The quantitative estimate of drug-likeness (QED) is 0.708. The SMILES string of the molecule is CCN(CC(=O)NC(C)C)C(=O)COc1ccc(I)cc1. The van der Waals surface area contributed by atoms with Crippen molar-refractivity contribution in [1.29, 1.82) is 0 Å². The van der Waals surface area contributed by atoms with Crippen LogP contribution in [0.1, 0.15) is 20.8 Å². The maximum Gasteiger partial charge on any atom is 0.260 e. The first kappa shape index (κ1) is 17.7. The first-order valence-corrected chi connectivity index (χ1v) is 7.95. The Morgan fingerprint density at radius 3 is 2.43 bits per heavy atom. The molecule has 1 rings (SSSR count). The average molecular weight is 404 g/mol. The molecule has 1 aromatic carbocycles. The molecule has 0 saturated carbocycles. The summed E-state index contributed by atoms with van der Waals surface area (Å²) in [7, 11) is 0. The number of nitrogens with one attached hydrogen (secondary N) is 1. The molecule has 116 valence electrons. The van der Waals surface area contributed by atoms with E-state index in [1.54, 1.807) is 0 Å². The van der Waals surface area contributed by atoms with E-state index < -0.39 is 0 Å². The van der Waals surface area contributed by atoms with Gasteiger partial charge >= 0.3 is 0 Å². The number of benzene rings is 1. The van der Waals surface area contributed by atoms with Crippen molar-refractivity contribution < 1.29 is 14.3 Å². The highest BCUT2D eigenvalue weighted by molar-refractivity contribution is 14.1. The topological polar surface area (TPSA) is 58.6 Å². The molecule has 2 amide bonds. The molecular formula is C15H21IN2O3. The third-order valence-corrected chi connectivity index (χ3v) is 3.41. The molecule has 0 aromatic heterocycles. The Balaban J connectivity index is 2.47. The van der Waals surface area contributed by atoms with E-state index in [0.717, 1.165) is 3.57 Å². The molecule has 0 heterocycles. The van der Waals surface area contributed by atoms with Crippen LogP contribution in [0.3, 0.4) is 0 Å². The van der Waals surface area contributed by atoms with E-state index in [9.17, 15) is 9.59 Å². The standard InChI is InChI=1S/C15H21IN2O3/c1-4-18(9-14(19)17-11(2)3)15(20)10-21-13-7-5-12(16)6-8-13/h5-8,11H,4,9-10H2,1-3H3,(H,17,19). The van der Waals surface area contributed by atoms with Gasteiger partial charge in [0.2, 0.25) is 5.91 Å². The molecule has 21 heavy (non-hydrogen) atoms. The minimum Gasteiger partial charge on any atom is -0.484 e. The molecule has 0 aliphatic heterocycles. The molecule has 0 bridgehead atoms. The Hall–Kier alpha value is -1.31. The number of likely N-dealkylation sites (N-methyl/N-ethyl adjacent to an activating group) is 1. The highest BCUT2D eigenvalue weighted by Gasteiger charge is 2.16. The van der Waals surface area contributed by atoms with Crippen LogP contribution in [-0.2, 0) is 9.59 Å². The lowest BCUT2D eigenvalue weighted by Gasteiger charge is -2.21. The fourth-order valence-electron chi connectivity index (χ4n) is 1.68. The molecule has 0 fully saturated rings. The molecule has 1 aromatic rings. The van der Waals surface area contributed by atoms with Gasteiger partial charge in [-0.3, -0.25) is 9.59 Å². The van der Waals surface area contributed by atoms with E-state index >= 15 is 0 Å². The zero-order chi connectivity index (χ0) is 15.8. The number of nitrogens with zero attached hydrogens (tertiary/aromatic N) is 1. The van der Waals surface area contributed by atoms with Gasteiger partial charge in [-0.25, -0.2) is 0 Å². The van der Waals surface area contributed by atoms with Crippen molar-refractivity contribution in [3.63, 3.8) is 0 Å². The summed E-state index contributed by atoms with van der Waals surface area (Å²) in [5, 5.41) is 2.77. The maximum atomic E-state index is 12.1. The second kappa shape index (κ2) is 8.86. The molecule has 0 aliphatic rings. The largest absolute Gasteiger partial charge is 0.484 e. The number of rotatable bonds is 7. The summed E-state index contributed by atoms with van der Waals surface area (Å²) >= 11 is 2.20. The van der Waals surface area contributed by atoms with E-state index in [2.05, 4.69) is 27.9 Å². The zero-order valence-corrected chi connectivity index (χ0v) is 14.7. The van der Waals surface area contributed by atoms with E-state index in [0.29, 0.717) is 12.3 Å². The van der Waals surface area contributed by atoms with Crippen LogP contribution in [0.2, 0.25) is 0 Å². The van der Waals surface area contributed by atoms with E-state index in [-0.39, 0.29) is 31.0 Å². The Labute approximate surface area is 139 Å². The second-order valence-electron chi connectivity index (χ2n) is 4.87. The third-order valence-electron chi connectivity index (χ3n) is 2.69. The number of hydrogen-bond acceptors (Lipinski definition) is 3. The van der Waals surface area contributed by atoms with Gasteiger partial charge in [0.25, 0.3) is 5.91 Å². The van der Waals surface area contributed by atoms with Gasteiger partial charge in [0.15, 0.2) is 6.61 Å². The van der Waals surface area contributed by atoms with Crippen molar-refractivity contribution in [3.8, 4) is 5.75 Å². The molecule has 0 unspecified atom stereocenters. The fourth-order valence-corrected chi connectivity index (χ4v) is 2.04. The van der Waals surface area contributed by atoms with Crippen LogP contribution in [0.5, 0.6) is 5.75 Å². The van der Waals surface area contributed by atoms with Crippen LogP contribution in [0.15, 0.2) is 24.3 Å². The first-order valence-electron chi connectivity index (χ1n) is 6.88. The van der Waals surface area contributed by atoms with Crippen molar-refractivity contribution >= 4 is 34.4 Å². The third kappa shape index (κ3) is 6.79. The minimum atomic E-state index is -0.199. The molecular weight excluding hydrogens is 383 g/mol. The molecule has 0 saturated heterocycles. The number of ether oxygens (including phenoxy) is 1. The Kier molecular flexibility index (Phi) is 7.49. The normalized spacial score (nSPS) is 10.3. The van der Waals surface area contributed by atoms with Gasteiger partial charge in [-0.15, -0.1) is 0 Å². The van der Waals surface area contributed by atoms with Gasteiger partial charge in [-0.1, -0.05) is 0 Å². The number of hydrogen-bond donors (Lipinski definition) is 1. The average Bonchev–Trinajstić information content (AvgIpc) is 2.43. The Morgan fingerprint density at radius 2 is 1.90 bits per heavy atom. The monoisotopic (exact) mass is 404 g/mol. The Bertz CT molecular complexity index is 474. The summed E-state index contributed by atoms with van der Waals surface area (Å²) in [6.07, 6.45) is 0. The maximum absolute atomic E-state index is 12.1. The molecule has 0 atom stereocenters. The minimum absolute atomic E-state index is 0.0591. The summed E-state index contributed by atoms with van der Waals surface area (Å²) in [5.74, 6) is 0.288. The van der Waals surface area contributed by atoms with Crippen LogP contribution in [0.25, 0.3) is 0 Å². The Morgan fingerprint density at radius 1 is 1.29 bits per heavy atom. The molecule has 0 spiro atoms. The predicted molar refractivity (Wildman–Crippen MR) is 90.2 cm³/mol. The number of carbonyl (C=O) groups excluding carboxylic acids is 2. The van der Waals surface area contributed by atoms with Crippen molar-refractivity contribution in [3.05, 3.63) is 27.8 Å². The van der Waals surface area contributed by atoms with Crippen LogP contribution in [-0.4, -0.2) is 42.5 Å². The van der Waals surface area contributed by atoms with E-state index in [1.165, 1.54) is 4.90 Å². The highest BCUT2D eigenvalue weighted by Crippen LogP contribution is 2.13. The highest BCUT2D eigenvalue weighted by atomic mass is 127.